The molecule has 1 N–H and O–H groups in total. The van der Waals surface area contributed by atoms with Crippen molar-refractivity contribution in [1.29, 1.82) is 0 Å². The Kier molecular flexibility index (Phi) is 3.62. The molecule has 2 heterocycles. The van der Waals surface area contributed by atoms with Crippen LogP contribution < -0.4 is 9.64 Å². The molecule has 1 aromatic heterocycles. The van der Waals surface area contributed by atoms with Crippen LogP contribution in [0.4, 0.5) is 5.82 Å². The summed E-state index contributed by atoms with van der Waals surface area (Å²) in [7, 11) is 0. The Balaban J connectivity index is 1.88. The van der Waals surface area contributed by atoms with Crippen LogP contribution in [0.2, 0.25) is 5.02 Å². The second-order valence-corrected chi connectivity index (χ2v) is 4.99. The molecule has 0 saturated heterocycles. The number of rotatable bonds is 2. The van der Waals surface area contributed by atoms with E-state index in [4.69, 9.17) is 21.4 Å². The summed E-state index contributed by atoms with van der Waals surface area (Å²) in [6.07, 6.45) is 0. The fourth-order valence-electron chi connectivity index (χ4n) is 2.19. The van der Waals surface area contributed by atoms with Crippen LogP contribution in [-0.4, -0.2) is 34.4 Å². The van der Waals surface area contributed by atoms with Crippen molar-refractivity contribution in [2.75, 3.05) is 18.1 Å². The molecule has 0 spiro atoms. The van der Waals surface area contributed by atoms with E-state index in [1.807, 2.05) is 17.0 Å². The zero-order chi connectivity index (χ0) is 14.8. The summed E-state index contributed by atoms with van der Waals surface area (Å²) in [6.45, 7) is 1.67. The van der Waals surface area contributed by atoms with Crippen LogP contribution in [0.3, 0.4) is 0 Å². The highest BCUT2D eigenvalue weighted by Crippen LogP contribution is 2.32. The number of fused-ring (bicyclic) bond motifs is 1. The first-order chi connectivity index (χ1) is 10.1. The molecule has 0 radical (unpaired) electrons. The molecule has 108 valence electrons. The molecule has 21 heavy (non-hydrogen) atoms. The van der Waals surface area contributed by atoms with Gasteiger partial charge in [0.05, 0.1) is 11.6 Å². The lowest BCUT2D eigenvalue weighted by atomic mass is 10.2. The quantitative estimate of drug-likeness (QED) is 0.917. The minimum Gasteiger partial charge on any atom is -0.490 e. The number of carboxylic acid groups (broad SMARTS) is 1. The Morgan fingerprint density at radius 3 is 2.86 bits per heavy atom. The normalized spacial score (nSPS) is 14.0. The van der Waals surface area contributed by atoms with Gasteiger partial charge in [0.2, 0.25) is 0 Å². The molecule has 0 bridgehead atoms. The van der Waals surface area contributed by atoms with Gasteiger partial charge in [-0.15, -0.1) is 10.2 Å². The standard InChI is InChI=1S/C14H12ClN3O3/c15-10-3-1-2-9-8-18(6-7-21-13(9)10)12-5-4-11(14(19)20)16-17-12/h1-5H,6-8H2,(H,19,20). The van der Waals surface area contributed by atoms with E-state index in [2.05, 4.69) is 10.2 Å². The summed E-state index contributed by atoms with van der Waals surface area (Å²) in [4.78, 5) is 12.8. The van der Waals surface area contributed by atoms with Gasteiger partial charge in [-0.2, -0.15) is 0 Å². The predicted molar refractivity (Wildman–Crippen MR) is 77.0 cm³/mol. The lowest BCUT2D eigenvalue weighted by Gasteiger charge is -2.20. The van der Waals surface area contributed by atoms with Gasteiger partial charge in [-0.3, -0.25) is 0 Å². The monoisotopic (exact) mass is 305 g/mol. The Labute approximate surface area is 125 Å². The maximum Gasteiger partial charge on any atom is 0.356 e. The molecule has 6 nitrogen and oxygen atoms in total. The number of nitrogens with zero attached hydrogens (tertiary/aromatic N) is 3. The summed E-state index contributed by atoms with van der Waals surface area (Å²) in [6, 6.07) is 8.69. The van der Waals surface area contributed by atoms with Gasteiger partial charge in [-0.25, -0.2) is 4.79 Å². The van der Waals surface area contributed by atoms with Crippen molar-refractivity contribution in [2.45, 2.75) is 6.54 Å². The molecular weight excluding hydrogens is 294 g/mol. The zero-order valence-electron chi connectivity index (χ0n) is 11.0. The van der Waals surface area contributed by atoms with Crippen LogP contribution in [0.25, 0.3) is 0 Å². The number of aromatic nitrogens is 2. The molecule has 1 aromatic carbocycles. The Morgan fingerprint density at radius 2 is 2.14 bits per heavy atom. The van der Waals surface area contributed by atoms with Gasteiger partial charge in [0.1, 0.15) is 12.4 Å². The van der Waals surface area contributed by atoms with Crippen LogP contribution in [0.15, 0.2) is 30.3 Å². The van der Waals surface area contributed by atoms with E-state index < -0.39 is 5.97 Å². The van der Waals surface area contributed by atoms with Gasteiger partial charge >= 0.3 is 5.97 Å². The van der Waals surface area contributed by atoms with E-state index >= 15 is 0 Å². The number of aromatic carboxylic acids is 1. The summed E-state index contributed by atoms with van der Waals surface area (Å²) in [5, 5.41) is 17.1. The van der Waals surface area contributed by atoms with E-state index in [1.165, 1.54) is 6.07 Å². The highest BCUT2D eigenvalue weighted by molar-refractivity contribution is 6.32. The first kappa shape index (κ1) is 13.6. The van der Waals surface area contributed by atoms with Gasteiger partial charge in [-0.1, -0.05) is 23.7 Å². The van der Waals surface area contributed by atoms with Gasteiger partial charge in [0, 0.05) is 12.1 Å². The summed E-state index contributed by atoms with van der Waals surface area (Å²) < 4.78 is 5.68. The molecule has 0 aliphatic carbocycles. The first-order valence-electron chi connectivity index (χ1n) is 6.37. The van der Waals surface area contributed by atoms with Crippen LogP contribution in [0, 0.1) is 0 Å². The number of hydrogen-bond donors (Lipinski definition) is 1. The predicted octanol–water partition coefficient (Wildman–Crippen LogP) is 2.23. The van der Waals surface area contributed by atoms with Gasteiger partial charge < -0.3 is 14.7 Å². The third-order valence-electron chi connectivity index (χ3n) is 3.21. The van der Waals surface area contributed by atoms with Crippen LogP contribution >= 0.6 is 11.6 Å². The summed E-state index contributed by atoms with van der Waals surface area (Å²) >= 11 is 6.13. The maximum atomic E-state index is 10.8. The Morgan fingerprint density at radius 1 is 1.29 bits per heavy atom. The smallest absolute Gasteiger partial charge is 0.356 e. The Hall–Kier alpha value is -2.34. The van der Waals surface area contributed by atoms with Crippen molar-refractivity contribution in [3.8, 4) is 5.75 Å². The molecule has 0 amide bonds. The fourth-order valence-corrected chi connectivity index (χ4v) is 2.43. The van der Waals surface area contributed by atoms with Crippen LogP contribution in [0.5, 0.6) is 5.75 Å². The second-order valence-electron chi connectivity index (χ2n) is 4.58. The number of halogens is 1. The molecule has 2 aromatic rings. The number of carboxylic acids is 1. The minimum atomic E-state index is -1.09. The van der Waals surface area contributed by atoms with Gasteiger partial charge in [0.15, 0.2) is 11.5 Å². The van der Waals surface area contributed by atoms with Crippen molar-refractivity contribution in [2.24, 2.45) is 0 Å². The summed E-state index contributed by atoms with van der Waals surface area (Å²) in [5.41, 5.74) is 0.886. The molecule has 1 aliphatic rings. The molecule has 0 fully saturated rings. The molecule has 7 heteroatoms. The third kappa shape index (κ3) is 2.75. The number of benzene rings is 1. The molecule has 0 atom stereocenters. The van der Waals surface area contributed by atoms with Crippen molar-refractivity contribution in [1.82, 2.24) is 10.2 Å². The molecule has 1 aliphatic heterocycles. The topological polar surface area (TPSA) is 75.5 Å². The average Bonchev–Trinajstić information content (AvgIpc) is 2.71. The van der Waals surface area contributed by atoms with Crippen LogP contribution in [-0.2, 0) is 6.54 Å². The van der Waals surface area contributed by atoms with Crippen molar-refractivity contribution in [3.63, 3.8) is 0 Å². The molecular formula is C14H12ClN3O3. The Bertz CT molecular complexity index is 676. The van der Waals surface area contributed by atoms with E-state index in [0.717, 1.165) is 5.56 Å². The number of anilines is 1. The second kappa shape index (κ2) is 5.57. The number of ether oxygens (including phenoxy) is 1. The SMILES string of the molecule is O=C(O)c1ccc(N2CCOc3c(Cl)cccc3C2)nn1. The molecule has 0 saturated carbocycles. The molecule has 0 unspecified atom stereocenters. The first-order valence-corrected chi connectivity index (χ1v) is 6.75. The maximum absolute atomic E-state index is 10.8. The average molecular weight is 306 g/mol. The van der Waals surface area contributed by atoms with E-state index in [-0.39, 0.29) is 5.69 Å². The van der Waals surface area contributed by atoms with E-state index in [9.17, 15) is 4.79 Å². The highest BCUT2D eigenvalue weighted by Gasteiger charge is 2.19. The zero-order valence-corrected chi connectivity index (χ0v) is 11.7. The van der Waals surface area contributed by atoms with Crippen molar-refractivity contribution >= 4 is 23.4 Å². The van der Waals surface area contributed by atoms with E-state index in [0.29, 0.717) is 36.3 Å². The van der Waals surface area contributed by atoms with Crippen molar-refractivity contribution in [3.05, 3.63) is 46.6 Å². The molecule has 3 rings (SSSR count). The fraction of sp³-hybridized carbons (Fsp3) is 0.214. The lowest BCUT2D eigenvalue weighted by molar-refractivity contribution is 0.0689. The lowest BCUT2D eigenvalue weighted by Crippen LogP contribution is -2.26. The number of carbonyl (C=O) groups is 1. The summed E-state index contributed by atoms with van der Waals surface area (Å²) in [5.74, 6) is 0.207. The van der Waals surface area contributed by atoms with Crippen LogP contribution in [0.1, 0.15) is 16.1 Å². The number of hydrogen-bond acceptors (Lipinski definition) is 5. The minimum absolute atomic E-state index is 0.0757. The third-order valence-corrected chi connectivity index (χ3v) is 3.51. The van der Waals surface area contributed by atoms with Gasteiger partial charge in [-0.05, 0) is 18.2 Å². The van der Waals surface area contributed by atoms with E-state index in [1.54, 1.807) is 12.1 Å². The van der Waals surface area contributed by atoms with Crippen molar-refractivity contribution < 1.29 is 14.6 Å². The number of para-hydroxylation sites is 1. The largest absolute Gasteiger partial charge is 0.490 e. The van der Waals surface area contributed by atoms with Gasteiger partial charge in [0.25, 0.3) is 0 Å². The highest BCUT2D eigenvalue weighted by atomic mass is 35.5.